The van der Waals surface area contributed by atoms with E-state index in [1.807, 2.05) is 12.1 Å². The molecule has 4 atom stereocenters. The number of aryl methyl sites for hydroxylation is 1. The highest BCUT2D eigenvalue weighted by molar-refractivity contribution is 7.89. The molecule has 2 saturated carbocycles. The molecule has 174 valence electrons. The topological polar surface area (TPSA) is 87.2 Å². The van der Waals surface area contributed by atoms with E-state index in [9.17, 15) is 8.42 Å². The summed E-state index contributed by atoms with van der Waals surface area (Å²) in [5.74, 6) is 1.59. The first-order chi connectivity index (χ1) is 14.8. The maximum atomic E-state index is 13.2. The molecule has 0 amide bonds. The molecule has 0 spiro atoms. The summed E-state index contributed by atoms with van der Waals surface area (Å²) in [7, 11) is 0.831. The minimum atomic E-state index is -3.41. The third-order valence-electron chi connectivity index (χ3n) is 6.93. The lowest BCUT2D eigenvalue weighted by Crippen LogP contribution is -2.48. The molecular formula is C23H36N2O5S. The maximum absolute atomic E-state index is 13.2. The molecular weight excluding hydrogens is 416 g/mol. The Balaban J connectivity index is 0.000000858. The van der Waals surface area contributed by atoms with Crippen LogP contribution >= 0.6 is 0 Å². The van der Waals surface area contributed by atoms with Crippen molar-refractivity contribution in [3.63, 3.8) is 0 Å². The Hall–Kier alpha value is -1.48. The number of benzene rings is 1. The zero-order chi connectivity index (χ0) is 22.6. The van der Waals surface area contributed by atoms with Crippen LogP contribution in [0.4, 0.5) is 0 Å². The van der Waals surface area contributed by atoms with Gasteiger partial charge in [0, 0.05) is 25.7 Å². The van der Waals surface area contributed by atoms with Crippen molar-refractivity contribution >= 4 is 16.5 Å². The number of carbonyl (C=O) groups is 1. The van der Waals surface area contributed by atoms with Crippen molar-refractivity contribution in [1.29, 1.82) is 0 Å². The van der Waals surface area contributed by atoms with Gasteiger partial charge in [-0.3, -0.25) is 4.79 Å². The Bertz CT molecular complexity index is 823. The summed E-state index contributed by atoms with van der Waals surface area (Å²) in [6, 6.07) is 7.77. The van der Waals surface area contributed by atoms with Crippen LogP contribution in [0.15, 0.2) is 29.2 Å². The highest BCUT2D eigenvalue weighted by Gasteiger charge is 2.46. The molecule has 31 heavy (non-hydrogen) atoms. The monoisotopic (exact) mass is 452 g/mol. The first kappa shape index (κ1) is 24.2. The Morgan fingerprint density at radius 1 is 1.13 bits per heavy atom. The fourth-order valence-electron chi connectivity index (χ4n) is 4.86. The molecule has 1 N–H and O–H groups in total. The second-order valence-corrected chi connectivity index (χ2v) is 11.2. The molecule has 8 heteroatoms. The normalized spacial score (nSPS) is 28.6. The molecule has 0 unspecified atom stereocenters. The fourth-order valence-corrected chi connectivity index (χ4v) is 6.41. The van der Waals surface area contributed by atoms with E-state index in [0.29, 0.717) is 35.9 Å². The highest BCUT2D eigenvalue weighted by Crippen LogP contribution is 2.41. The van der Waals surface area contributed by atoms with Gasteiger partial charge >= 0.3 is 0 Å². The quantitative estimate of drug-likeness (QED) is 0.640. The number of sulfonamides is 1. The molecule has 4 rings (SSSR count). The van der Waals surface area contributed by atoms with Crippen LogP contribution in [0.25, 0.3) is 0 Å². The molecule has 3 fully saturated rings. The minimum absolute atomic E-state index is 0.225. The van der Waals surface area contributed by atoms with Crippen molar-refractivity contribution in [1.82, 2.24) is 9.21 Å². The fraction of sp³-hybridized carbons (Fsp3) is 0.696. The number of ether oxygens (including phenoxy) is 1. The summed E-state index contributed by atoms with van der Waals surface area (Å²) in [4.78, 5) is 11.1. The number of rotatable bonds is 7. The SMILES string of the molecule is CCc1ccc(S(=O)(=O)N2C[C@H]3C[C@@H](N(C)C)[C@H](OCC4CC4)C[C@H]3C2)cc1.O=CO. The lowest BCUT2D eigenvalue weighted by Gasteiger charge is -2.41. The van der Waals surface area contributed by atoms with E-state index in [2.05, 4.69) is 25.9 Å². The van der Waals surface area contributed by atoms with Crippen LogP contribution in [-0.2, 0) is 26.0 Å². The molecule has 1 saturated heterocycles. The van der Waals surface area contributed by atoms with Gasteiger partial charge in [0.15, 0.2) is 0 Å². The molecule has 0 bridgehead atoms. The zero-order valence-electron chi connectivity index (χ0n) is 18.8. The van der Waals surface area contributed by atoms with Gasteiger partial charge < -0.3 is 14.7 Å². The summed E-state index contributed by atoms with van der Waals surface area (Å²) < 4.78 is 34.4. The van der Waals surface area contributed by atoms with Gasteiger partial charge in [0.2, 0.25) is 10.0 Å². The van der Waals surface area contributed by atoms with E-state index < -0.39 is 10.0 Å². The van der Waals surface area contributed by atoms with Gasteiger partial charge in [-0.25, -0.2) is 8.42 Å². The molecule has 1 aromatic carbocycles. The number of hydrogen-bond acceptors (Lipinski definition) is 5. The van der Waals surface area contributed by atoms with Crippen LogP contribution in [0.5, 0.6) is 0 Å². The summed E-state index contributed by atoms with van der Waals surface area (Å²) in [5.41, 5.74) is 1.17. The van der Waals surface area contributed by atoms with Crippen LogP contribution in [0.2, 0.25) is 0 Å². The molecule has 0 radical (unpaired) electrons. The van der Waals surface area contributed by atoms with Crippen molar-refractivity contribution in [2.45, 2.75) is 56.1 Å². The van der Waals surface area contributed by atoms with E-state index in [4.69, 9.17) is 14.6 Å². The van der Waals surface area contributed by atoms with Crippen molar-refractivity contribution in [3.8, 4) is 0 Å². The predicted molar refractivity (Wildman–Crippen MR) is 119 cm³/mol. The van der Waals surface area contributed by atoms with Crippen LogP contribution in [0, 0.1) is 17.8 Å². The van der Waals surface area contributed by atoms with Gasteiger partial charge in [0.1, 0.15) is 0 Å². The second kappa shape index (κ2) is 10.4. The first-order valence-corrected chi connectivity index (χ1v) is 12.7. The third-order valence-corrected chi connectivity index (χ3v) is 8.77. The smallest absolute Gasteiger partial charge is 0.290 e. The summed E-state index contributed by atoms with van der Waals surface area (Å²) in [6.45, 7) is 3.98. The standard InChI is InChI=1S/C22H34N2O3S.CH2O2/c1-4-16-7-9-20(10-8-16)28(25,26)24-13-18-11-21(23(2)3)22(12-19(18)14-24)27-15-17-5-6-17;2-1-3/h7-10,17-19,21-22H,4-6,11-15H2,1-3H3;1H,(H,2,3)/t18-,19+,21-,22-;/m1./s1. The molecule has 1 aliphatic heterocycles. The average Bonchev–Trinajstić information content (AvgIpc) is 3.48. The Morgan fingerprint density at radius 3 is 2.23 bits per heavy atom. The van der Waals surface area contributed by atoms with E-state index in [1.165, 1.54) is 18.4 Å². The van der Waals surface area contributed by atoms with Gasteiger partial charge in [0.25, 0.3) is 6.47 Å². The number of fused-ring (bicyclic) bond motifs is 1. The number of nitrogens with zero attached hydrogens (tertiary/aromatic N) is 2. The molecule has 3 aliphatic rings. The highest BCUT2D eigenvalue weighted by atomic mass is 32.2. The Labute approximate surface area is 186 Å². The number of carboxylic acid groups (broad SMARTS) is 1. The van der Waals surface area contributed by atoms with E-state index in [-0.39, 0.29) is 12.6 Å². The van der Waals surface area contributed by atoms with Crippen LogP contribution in [-0.4, -0.2) is 75.1 Å². The van der Waals surface area contributed by atoms with Crippen molar-refractivity contribution in [2.24, 2.45) is 17.8 Å². The van der Waals surface area contributed by atoms with Crippen LogP contribution in [0.1, 0.15) is 38.2 Å². The van der Waals surface area contributed by atoms with Crippen LogP contribution < -0.4 is 0 Å². The lowest BCUT2D eigenvalue weighted by molar-refractivity contribution is -0.122. The molecule has 1 aromatic rings. The van der Waals surface area contributed by atoms with E-state index in [0.717, 1.165) is 31.8 Å². The zero-order valence-corrected chi connectivity index (χ0v) is 19.6. The molecule has 7 nitrogen and oxygen atoms in total. The molecule has 0 aromatic heterocycles. The number of likely N-dealkylation sites (N-methyl/N-ethyl adjacent to an activating group) is 1. The van der Waals surface area contributed by atoms with Crippen molar-refractivity contribution in [3.05, 3.63) is 29.8 Å². The minimum Gasteiger partial charge on any atom is -0.483 e. The summed E-state index contributed by atoms with van der Waals surface area (Å²) in [6.07, 6.45) is 5.74. The second-order valence-electron chi connectivity index (χ2n) is 9.26. The Morgan fingerprint density at radius 2 is 1.71 bits per heavy atom. The van der Waals surface area contributed by atoms with Gasteiger partial charge in [-0.15, -0.1) is 0 Å². The number of hydrogen-bond donors (Lipinski definition) is 1. The predicted octanol–water partition coefficient (Wildman–Crippen LogP) is 2.71. The van der Waals surface area contributed by atoms with E-state index in [1.54, 1.807) is 16.4 Å². The van der Waals surface area contributed by atoms with Gasteiger partial charge in [0.05, 0.1) is 11.0 Å². The lowest BCUT2D eigenvalue weighted by atomic mass is 9.77. The molecule has 2 aliphatic carbocycles. The maximum Gasteiger partial charge on any atom is 0.290 e. The summed E-state index contributed by atoms with van der Waals surface area (Å²) in [5, 5.41) is 6.89. The van der Waals surface area contributed by atoms with Gasteiger partial charge in [-0.05, 0) is 81.6 Å². The largest absolute Gasteiger partial charge is 0.483 e. The van der Waals surface area contributed by atoms with E-state index >= 15 is 0 Å². The van der Waals surface area contributed by atoms with Crippen molar-refractivity contribution in [2.75, 3.05) is 33.8 Å². The Kier molecular flexibility index (Phi) is 8.13. The average molecular weight is 453 g/mol. The van der Waals surface area contributed by atoms with Gasteiger partial charge in [-0.2, -0.15) is 4.31 Å². The summed E-state index contributed by atoms with van der Waals surface area (Å²) >= 11 is 0. The molecule has 1 heterocycles. The van der Waals surface area contributed by atoms with Crippen molar-refractivity contribution < 1.29 is 23.1 Å². The van der Waals surface area contributed by atoms with Crippen LogP contribution in [0.3, 0.4) is 0 Å². The first-order valence-electron chi connectivity index (χ1n) is 11.2. The van der Waals surface area contributed by atoms with Gasteiger partial charge in [-0.1, -0.05) is 19.1 Å². The third kappa shape index (κ3) is 5.86.